The molecule has 2 rings (SSSR count). The number of nitro benzene ring substituents is 1. The van der Waals surface area contributed by atoms with Crippen LogP contribution < -0.4 is 5.56 Å². The first-order valence-corrected chi connectivity index (χ1v) is 5.79. The minimum Gasteiger partial charge on any atom is -0.292 e. The number of ketones is 1. The van der Waals surface area contributed by atoms with Gasteiger partial charge in [0.25, 0.3) is 11.2 Å². The first kappa shape index (κ1) is 13.6. The number of aromatic nitrogens is 2. The molecule has 0 spiro atoms. The molecule has 0 aliphatic rings. The molecule has 0 aliphatic carbocycles. The number of aryl methyl sites for hydroxylation is 1. The molecule has 1 aromatic heterocycles. The molecule has 0 N–H and O–H groups in total. The van der Waals surface area contributed by atoms with E-state index in [1.165, 1.54) is 36.5 Å². The molecule has 0 bridgehead atoms. The second-order valence-corrected chi connectivity index (χ2v) is 4.26. The second-order valence-electron chi connectivity index (χ2n) is 4.26. The number of carbonyl (C=O) groups is 1. The summed E-state index contributed by atoms with van der Waals surface area (Å²) in [6.07, 6.45) is 1.49. The van der Waals surface area contributed by atoms with E-state index in [0.717, 1.165) is 4.68 Å². The summed E-state index contributed by atoms with van der Waals surface area (Å²) in [6, 6.07) is 6.60. The van der Waals surface area contributed by atoms with Crippen molar-refractivity contribution in [3.05, 3.63) is 68.1 Å². The maximum absolute atomic E-state index is 12.0. The first-order valence-electron chi connectivity index (χ1n) is 5.79. The van der Waals surface area contributed by atoms with Crippen LogP contribution in [-0.4, -0.2) is 20.5 Å². The van der Waals surface area contributed by atoms with E-state index in [2.05, 4.69) is 5.10 Å². The topological polar surface area (TPSA) is 95.1 Å². The van der Waals surface area contributed by atoms with Gasteiger partial charge in [0.05, 0.1) is 11.1 Å². The Morgan fingerprint density at radius 2 is 2.00 bits per heavy atom. The molecular formula is C13H11N3O4. The number of rotatable bonds is 4. The van der Waals surface area contributed by atoms with E-state index in [0.29, 0.717) is 11.1 Å². The Hall–Kier alpha value is -2.83. The van der Waals surface area contributed by atoms with Crippen molar-refractivity contribution in [2.45, 2.75) is 13.5 Å². The summed E-state index contributed by atoms with van der Waals surface area (Å²) >= 11 is 0. The van der Waals surface area contributed by atoms with E-state index < -0.39 is 4.92 Å². The van der Waals surface area contributed by atoms with Crippen molar-refractivity contribution in [3.8, 4) is 0 Å². The highest BCUT2D eigenvalue weighted by Gasteiger charge is 2.11. The predicted molar refractivity (Wildman–Crippen MR) is 70.7 cm³/mol. The third-order valence-corrected chi connectivity index (χ3v) is 2.70. The van der Waals surface area contributed by atoms with Gasteiger partial charge in [-0.1, -0.05) is 0 Å². The SMILES string of the molecule is Cc1cnn(CC(=O)c2ccc([N+](=O)[O-])cc2)c(=O)c1. The minimum atomic E-state index is -0.541. The second kappa shape index (κ2) is 5.43. The first-order chi connectivity index (χ1) is 9.47. The summed E-state index contributed by atoms with van der Waals surface area (Å²) in [6.45, 7) is 1.54. The van der Waals surface area contributed by atoms with E-state index in [-0.39, 0.29) is 23.6 Å². The van der Waals surface area contributed by atoms with Crippen LogP contribution in [0.15, 0.2) is 41.3 Å². The van der Waals surface area contributed by atoms with Gasteiger partial charge in [0, 0.05) is 23.8 Å². The van der Waals surface area contributed by atoms with Crippen LogP contribution in [0.3, 0.4) is 0 Å². The van der Waals surface area contributed by atoms with E-state index in [9.17, 15) is 19.7 Å². The molecule has 0 radical (unpaired) electrons. The van der Waals surface area contributed by atoms with Gasteiger partial charge in [-0.05, 0) is 24.6 Å². The largest absolute Gasteiger partial charge is 0.292 e. The number of hydrogen-bond acceptors (Lipinski definition) is 5. The third-order valence-electron chi connectivity index (χ3n) is 2.70. The molecule has 20 heavy (non-hydrogen) atoms. The van der Waals surface area contributed by atoms with Gasteiger partial charge in [-0.15, -0.1) is 0 Å². The van der Waals surface area contributed by atoms with Crippen molar-refractivity contribution >= 4 is 11.5 Å². The van der Waals surface area contributed by atoms with Crippen LogP contribution in [0.2, 0.25) is 0 Å². The predicted octanol–water partition coefficient (Wildman–Crippen LogP) is 1.34. The lowest BCUT2D eigenvalue weighted by Crippen LogP contribution is -2.26. The third kappa shape index (κ3) is 2.94. The number of hydrogen-bond donors (Lipinski definition) is 0. The van der Waals surface area contributed by atoms with Gasteiger partial charge in [-0.2, -0.15) is 5.10 Å². The van der Waals surface area contributed by atoms with Crippen LogP contribution in [0.1, 0.15) is 15.9 Å². The summed E-state index contributed by atoms with van der Waals surface area (Å²) in [4.78, 5) is 33.5. The molecule has 1 aromatic carbocycles. The highest BCUT2D eigenvalue weighted by atomic mass is 16.6. The number of benzene rings is 1. The van der Waals surface area contributed by atoms with Crippen LogP contribution in [-0.2, 0) is 6.54 Å². The van der Waals surface area contributed by atoms with Crippen LogP contribution in [0.25, 0.3) is 0 Å². The molecule has 0 atom stereocenters. The maximum atomic E-state index is 12.0. The fourth-order valence-corrected chi connectivity index (χ4v) is 1.64. The molecule has 0 unspecified atom stereocenters. The van der Waals surface area contributed by atoms with Crippen molar-refractivity contribution in [2.24, 2.45) is 0 Å². The van der Waals surface area contributed by atoms with Crippen LogP contribution in [0.5, 0.6) is 0 Å². The Labute approximate surface area is 113 Å². The number of non-ortho nitro benzene ring substituents is 1. The molecule has 0 amide bonds. The van der Waals surface area contributed by atoms with E-state index >= 15 is 0 Å². The fourth-order valence-electron chi connectivity index (χ4n) is 1.64. The van der Waals surface area contributed by atoms with Crippen molar-refractivity contribution in [3.63, 3.8) is 0 Å². The minimum absolute atomic E-state index is 0.0906. The molecule has 7 nitrogen and oxygen atoms in total. The summed E-state index contributed by atoms with van der Waals surface area (Å²) in [5.74, 6) is -0.335. The summed E-state index contributed by atoms with van der Waals surface area (Å²) in [5.41, 5.74) is 0.561. The Bertz CT molecular complexity index is 719. The number of nitrogens with zero attached hydrogens (tertiary/aromatic N) is 3. The van der Waals surface area contributed by atoms with E-state index in [1.807, 2.05) is 0 Å². The average Bonchev–Trinajstić information content (AvgIpc) is 2.42. The quantitative estimate of drug-likeness (QED) is 0.476. The van der Waals surface area contributed by atoms with Gasteiger partial charge < -0.3 is 0 Å². The summed E-state index contributed by atoms with van der Waals surface area (Å²) < 4.78 is 1.05. The van der Waals surface area contributed by atoms with Gasteiger partial charge >= 0.3 is 0 Å². The zero-order chi connectivity index (χ0) is 14.7. The Morgan fingerprint density at radius 1 is 1.35 bits per heavy atom. The molecule has 0 saturated carbocycles. The van der Waals surface area contributed by atoms with E-state index in [1.54, 1.807) is 6.92 Å². The standard InChI is InChI=1S/C13H11N3O4/c1-9-6-13(18)15(14-7-9)8-12(17)10-2-4-11(5-3-10)16(19)20/h2-7H,8H2,1H3. The molecule has 0 fully saturated rings. The van der Waals surface area contributed by atoms with Crippen LogP contribution in [0.4, 0.5) is 5.69 Å². The molecular weight excluding hydrogens is 262 g/mol. The van der Waals surface area contributed by atoms with Crippen molar-refractivity contribution < 1.29 is 9.72 Å². The van der Waals surface area contributed by atoms with Crippen molar-refractivity contribution in [2.75, 3.05) is 0 Å². The van der Waals surface area contributed by atoms with Gasteiger partial charge in [0.2, 0.25) is 0 Å². The number of Topliss-reactive ketones (excluding diaryl/α,β-unsaturated/α-hetero) is 1. The molecule has 0 aliphatic heterocycles. The molecule has 2 aromatic rings. The lowest BCUT2D eigenvalue weighted by atomic mass is 10.1. The Balaban J connectivity index is 2.19. The van der Waals surface area contributed by atoms with Crippen molar-refractivity contribution in [1.29, 1.82) is 0 Å². The number of nitro groups is 1. The lowest BCUT2D eigenvalue weighted by Gasteiger charge is -2.04. The van der Waals surface area contributed by atoms with Gasteiger partial charge in [0.15, 0.2) is 5.78 Å². The highest BCUT2D eigenvalue weighted by Crippen LogP contribution is 2.12. The fraction of sp³-hybridized carbons (Fsp3) is 0.154. The molecule has 0 saturated heterocycles. The normalized spacial score (nSPS) is 10.2. The summed E-state index contributed by atoms with van der Waals surface area (Å²) in [5, 5.41) is 14.4. The Morgan fingerprint density at radius 3 is 2.55 bits per heavy atom. The highest BCUT2D eigenvalue weighted by molar-refractivity contribution is 5.96. The lowest BCUT2D eigenvalue weighted by molar-refractivity contribution is -0.384. The zero-order valence-electron chi connectivity index (χ0n) is 10.6. The average molecular weight is 273 g/mol. The van der Waals surface area contributed by atoms with Gasteiger partial charge in [-0.3, -0.25) is 19.7 Å². The van der Waals surface area contributed by atoms with Crippen LogP contribution in [0, 0.1) is 17.0 Å². The molecule has 102 valence electrons. The van der Waals surface area contributed by atoms with E-state index in [4.69, 9.17) is 0 Å². The van der Waals surface area contributed by atoms with Crippen LogP contribution >= 0.6 is 0 Å². The Kier molecular flexibility index (Phi) is 3.69. The zero-order valence-corrected chi connectivity index (χ0v) is 10.6. The maximum Gasteiger partial charge on any atom is 0.269 e. The smallest absolute Gasteiger partial charge is 0.269 e. The number of carbonyl (C=O) groups excluding carboxylic acids is 1. The monoisotopic (exact) mass is 273 g/mol. The van der Waals surface area contributed by atoms with Gasteiger partial charge in [0.1, 0.15) is 6.54 Å². The van der Waals surface area contributed by atoms with Crippen molar-refractivity contribution in [1.82, 2.24) is 9.78 Å². The van der Waals surface area contributed by atoms with Gasteiger partial charge in [-0.25, -0.2) is 4.68 Å². The summed E-state index contributed by atoms with van der Waals surface area (Å²) in [7, 11) is 0. The molecule has 7 heteroatoms. The molecule has 1 heterocycles.